The number of esters is 1. The minimum absolute atomic E-state index is 0.169. The van der Waals surface area contributed by atoms with Crippen molar-refractivity contribution in [2.24, 2.45) is 0 Å². The molecular formula is C30H31BrClN3O4. The first-order valence-electron chi connectivity index (χ1n) is 12.7. The van der Waals surface area contributed by atoms with Crippen LogP contribution < -0.4 is 9.47 Å². The molecular weight excluding hydrogens is 582 g/mol. The van der Waals surface area contributed by atoms with Crippen molar-refractivity contribution in [1.29, 1.82) is 5.26 Å². The molecule has 0 saturated heterocycles. The van der Waals surface area contributed by atoms with E-state index in [2.05, 4.69) is 27.0 Å². The van der Waals surface area contributed by atoms with Gasteiger partial charge in [0.2, 0.25) is 0 Å². The van der Waals surface area contributed by atoms with Crippen molar-refractivity contribution in [3.05, 3.63) is 85.6 Å². The zero-order valence-corrected chi connectivity index (χ0v) is 24.9. The van der Waals surface area contributed by atoms with Crippen LogP contribution in [-0.4, -0.2) is 34.5 Å². The highest BCUT2D eigenvalue weighted by Crippen LogP contribution is 2.41. The fourth-order valence-corrected chi connectivity index (χ4v) is 5.11. The summed E-state index contributed by atoms with van der Waals surface area (Å²) in [5.41, 5.74) is 4.68. The zero-order chi connectivity index (χ0) is 28.2. The summed E-state index contributed by atoms with van der Waals surface area (Å²) in [5.74, 6) is 0.879. The van der Waals surface area contributed by atoms with E-state index < -0.39 is 5.60 Å². The molecule has 0 N–H and O–H groups in total. The molecule has 0 radical (unpaired) electrons. The Morgan fingerprint density at radius 3 is 2.67 bits per heavy atom. The van der Waals surface area contributed by atoms with Crippen molar-refractivity contribution >= 4 is 33.5 Å². The van der Waals surface area contributed by atoms with Crippen LogP contribution >= 0.6 is 27.5 Å². The fourth-order valence-electron chi connectivity index (χ4n) is 4.38. The number of aromatic nitrogens is 1. The maximum Gasteiger partial charge on any atom is 0.320 e. The second-order valence-corrected chi connectivity index (χ2v) is 11.7. The summed E-state index contributed by atoms with van der Waals surface area (Å²) in [4.78, 5) is 18.7. The number of hydrogen-bond donors (Lipinski definition) is 0. The molecule has 7 nitrogen and oxygen atoms in total. The highest BCUT2D eigenvalue weighted by molar-refractivity contribution is 9.10. The van der Waals surface area contributed by atoms with Crippen molar-refractivity contribution in [2.45, 2.75) is 59.5 Å². The van der Waals surface area contributed by atoms with Gasteiger partial charge in [0.1, 0.15) is 36.4 Å². The molecule has 1 aliphatic rings. The minimum atomic E-state index is -0.548. The molecule has 1 aliphatic heterocycles. The maximum atomic E-state index is 12.5. The Hall–Kier alpha value is -3.12. The minimum Gasteiger partial charge on any atom is -0.488 e. The van der Waals surface area contributed by atoms with Gasteiger partial charge in [-0.1, -0.05) is 39.7 Å². The van der Waals surface area contributed by atoms with Gasteiger partial charge in [0.15, 0.2) is 0 Å². The van der Waals surface area contributed by atoms with E-state index >= 15 is 0 Å². The van der Waals surface area contributed by atoms with Gasteiger partial charge in [-0.3, -0.25) is 14.7 Å². The van der Waals surface area contributed by atoms with E-state index in [1.54, 1.807) is 12.3 Å². The first kappa shape index (κ1) is 28.9. The zero-order valence-electron chi connectivity index (χ0n) is 22.5. The third-order valence-electron chi connectivity index (χ3n) is 6.32. The summed E-state index contributed by atoms with van der Waals surface area (Å²) in [5, 5.41) is 9.78. The number of fused-ring (bicyclic) bond motifs is 1. The SMILES string of the molecule is Cc1c(Br)cccc1COc1cc(OCc2cncc(C#N)c2)c2c(c1Cl)CCN(CC(=O)OC(C)(C)C)C2. The van der Waals surface area contributed by atoms with Crippen molar-refractivity contribution in [2.75, 3.05) is 13.1 Å². The quantitative estimate of drug-likeness (QED) is 0.267. The molecule has 2 aromatic carbocycles. The van der Waals surface area contributed by atoms with Crippen LogP contribution in [0.5, 0.6) is 11.5 Å². The highest BCUT2D eigenvalue weighted by atomic mass is 79.9. The summed E-state index contributed by atoms with van der Waals surface area (Å²) >= 11 is 10.5. The van der Waals surface area contributed by atoms with Gasteiger partial charge in [0.25, 0.3) is 0 Å². The number of nitrogens with zero attached hydrogens (tertiary/aromatic N) is 3. The summed E-state index contributed by atoms with van der Waals surface area (Å²) in [6.45, 7) is 9.46. The number of pyridine rings is 1. The summed E-state index contributed by atoms with van der Waals surface area (Å²) in [6.07, 6.45) is 3.81. The van der Waals surface area contributed by atoms with Gasteiger partial charge in [0, 0.05) is 47.1 Å². The molecule has 0 aliphatic carbocycles. The molecule has 2 heterocycles. The predicted octanol–water partition coefficient (Wildman–Crippen LogP) is 6.54. The van der Waals surface area contributed by atoms with Crippen LogP contribution in [0.2, 0.25) is 5.02 Å². The number of benzene rings is 2. The number of carbonyl (C=O) groups is 1. The lowest BCUT2D eigenvalue weighted by atomic mass is 9.98. The highest BCUT2D eigenvalue weighted by Gasteiger charge is 2.28. The largest absolute Gasteiger partial charge is 0.488 e. The van der Waals surface area contributed by atoms with Gasteiger partial charge in [-0.25, -0.2) is 0 Å². The van der Waals surface area contributed by atoms with Crippen molar-refractivity contribution in [3.63, 3.8) is 0 Å². The van der Waals surface area contributed by atoms with Crippen molar-refractivity contribution in [3.8, 4) is 17.6 Å². The van der Waals surface area contributed by atoms with E-state index in [-0.39, 0.29) is 19.1 Å². The molecule has 4 rings (SSSR count). The number of ether oxygens (including phenoxy) is 3. The van der Waals surface area contributed by atoms with Gasteiger partial charge in [-0.2, -0.15) is 5.26 Å². The molecule has 39 heavy (non-hydrogen) atoms. The lowest BCUT2D eigenvalue weighted by Crippen LogP contribution is -2.38. The van der Waals surface area contributed by atoms with E-state index in [1.165, 1.54) is 6.20 Å². The number of carbonyl (C=O) groups excluding carboxylic acids is 1. The predicted molar refractivity (Wildman–Crippen MR) is 153 cm³/mol. The van der Waals surface area contributed by atoms with Crippen LogP contribution in [0.1, 0.15) is 54.2 Å². The number of rotatable bonds is 8. The standard InChI is InChI=1S/C30H31BrClN3O4/c1-19-22(6-5-7-25(19)31)18-38-27-11-26(37-17-21-10-20(12-33)13-34-14-21)24-15-35(9-8-23(24)29(27)32)16-28(36)39-30(2,3)4/h5-7,10-11,13-14H,8-9,15-18H2,1-4H3. The normalized spacial score (nSPS) is 13.4. The summed E-state index contributed by atoms with van der Waals surface area (Å²) in [6, 6.07) is 11.7. The second kappa shape index (κ2) is 12.4. The van der Waals surface area contributed by atoms with E-state index in [1.807, 2.05) is 56.9 Å². The average Bonchev–Trinajstić information content (AvgIpc) is 2.88. The Morgan fingerprint density at radius 1 is 1.15 bits per heavy atom. The molecule has 0 fully saturated rings. The lowest BCUT2D eigenvalue weighted by Gasteiger charge is -2.31. The molecule has 1 aromatic heterocycles. The van der Waals surface area contributed by atoms with Gasteiger partial charge in [0.05, 0.1) is 17.1 Å². The van der Waals surface area contributed by atoms with Crippen molar-refractivity contribution < 1.29 is 19.0 Å². The molecule has 0 spiro atoms. The Labute approximate surface area is 242 Å². The number of halogens is 2. The van der Waals surface area contributed by atoms with Gasteiger partial charge < -0.3 is 14.2 Å². The number of hydrogen-bond acceptors (Lipinski definition) is 7. The van der Waals surface area contributed by atoms with E-state index in [9.17, 15) is 10.1 Å². The fraction of sp³-hybridized carbons (Fsp3) is 0.367. The first-order valence-corrected chi connectivity index (χ1v) is 13.8. The van der Waals surface area contributed by atoms with Crippen molar-refractivity contribution in [1.82, 2.24) is 9.88 Å². The van der Waals surface area contributed by atoms with Crippen LogP contribution in [-0.2, 0) is 35.7 Å². The second-order valence-electron chi connectivity index (χ2n) is 10.5. The molecule has 204 valence electrons. The van der Waals surface area contributed by atoms with Crippen LogP contribution in [0.25, 0.3) is 0 Å². The van der Waals surface area contributed by atoms with Gasteiger partial charge >= 0.3 is 5.97 Å². The van der Waals surface area contributed by atoms with Crippen LogP contribution in [0.4, 0.5) is 0 Å². The third kappa shape index (κ3) is 7.51. The Morgan fingerprint density at radius 2 is 1.92 bits per heavy atom. The Balaban J connectivity index is 1.61. The maximum absolute atomic E-state index is 12.5. The molecule has 9 heteroatoms. The van der Waals surface area contributed by atoms with Crippen LogP contribution in [0, 0.1) is 18.3 Å². The third-order valence-corrected chi connectivity index (χ3v) is 7.59. The molecule has 0 bridgehead atoms. The van der Waals surface area contributed by atoms with E-state index in [0.29, 0.717) is 48.2 Å². The van der Waals surface area contributed by atoms with Crippen LogP contribution in [0.3, 0.4) is 0 Å². The molecule has 0 saturated carbocycles. The van der Waals surface area contributed by atoms with E-state index in [4.69, 9.17) is 25.8 Å². The van der Waals surface area contributed by atoms with Gasteiger partial charge in [-0.15, -0.1) is 0 Å². The van der Waals surface area contributed by atoms with Crippen LogP contribution in [0.15, 0.2) is 47.2 Å². The monoisotopic (exact) mass is 611 g/mol. The molecule has 3 aromatic rings. The Kier molecular flexibility index (Phi) is 9.16. The Bertz CT molecular complexity index is 1410. The molecule has 0 atom stereocenters. The molecule has 0 amide bonds. The average molecular weight is 613 g/mol. The summed E-state index contributed by atoms with van der Waals surface area (Å²) < 4.78 is 19.0. The lowest BCUT2D eigenvalue weighted by molar-refractivity contribution is -0.156. The first-order chi connectivity index (χ1) is 18.5. The van der Waals surface area contributed by atoms with E-state index in [0.717, 1.165) is 32.3 Å². The van der Waals surface area contributed by atoms with Gasteiger partial charge in [-0.05, 0) is 62.9 Å². The summed E-state index contributed by atoms with van der Waals surface area (Å²) in [7, 11) is 0. The topological polar surface area (TPSA) is 84.7 Å². The number of nitriles is 1. The molecule has 0 unspecified atom stereocenters. The smallest absolute Gasteiger partial charge is 0.320 e.